The predicted octanol–water partition coefficient (Wildman–Crippen LogP) is 2.95. The van der Waals surface area contributed by atoms with Crippen LogP contribution in [0.1, 0.15) is 41.0 Å². The molecule has 0 unspecified atom stereocenters. The van der Waals surface area contributed by atoms with E-state index in [1.807, 2.05) is 0 Å². The first-order valence-corrected chi connectivity index (χ1v) is 8.30. The van der Waals surface area contributed by atoms with Gasteiger partial charge in [0.15, 0.2) is 5.78 Å². The Morgan fingerprint density at radius 1 is 1.08 bits per heavy atom. The first-order chi connectivity index (χ1) is 12.4. The van der Waals surface area contributed by atoms with Crippen LogP contribution in [0.2, 0.25) is 0 Å². The fourth-order valence-electron chi connectivity index (χ4n) is 2.63. The van der Waals surface area contributed by atoms with E-state index in [1.165, 1.54) is 32.2 Å². The molecule has 6 heteroatoms. The Labute approximate surface area is 151 Å². The van der Waals surface area contributed by atoms with Crippen molar-refractivity contribution < 1.29 is 18.8 Å². The van der Waals surface area contributed by atoms with E-state index in [1.54, 1.807) is 31.2 Å². The summed E-state index contributed by atoms with van der Waals surface area (Å²) in [5.74, 6) is -1.25. The predicted molar refractivity (Wildman–Crippen MR) is 97.5 cm³/mol. The van der Waals surface area contributed by atoms with E-state index in [0.717, 1.165) is 0 Å². The lowest BCUT2D eigenvalue weighted by Crippen LogP contribution is -2.45. The molecule has 0 saturated carbocycles. The Hall–Kier alpha value is -3.02. The molecule has 1 atom stereocenters. The molecule has 2 aromatic carbocycles. The second kappa shape index (κ2) is 8.38. The Bertz CT molecular complexity index is 831. The SMILES string of the molecule is CC[C@@H](NC(=O)c1ccc(-c2cc(F)ccc2C(C)=O)cc1)C(=O)NC. The molecule has 0 heterocycles. The number of benzene rings is 2. The van der Waals surface area contributed by atoms with E-state index < -0.39 is 11.9 Å². The van der Waals surface area contributed by atoms with Crippen molar-refractivity contribution in [3.05, 3.63) is 59.4 Å². The highest BCUT2D eigenvalue weighted by atomic mass is 19.1. The fraction of sp³-hybridized carbons (Fsp3) is 0.250. The topological polar surface area (TPSA) is 75.3 Å². The smallest absolute Gasteiger partial charge is 0.251 e. The monoisotopic (exact) mass is 356 g/mol. The van der Waals surface area contributed by atoms with Gasteiger partial charge in [0, 0.05) is 18.2 Å². The Morgan fingerprint density at radius 3 is 2.27 bits per heavy atom. The van der Waals surface area contributed by atoms with Crippen molar-refractivity contribution in [3.63, 3.8) is 0 Å². The second-order valence-electron chi connectivity index (χ2n) is 5.87. The maximum absolute atomic E-state index is 13.6. The maximum Gasteiger partial charge on any atom is 0.251 e. The molecule has 136 valence electrons. The molecule has 0 aliphatic heterocycles. The average molecular weight is 356 g/mol. The molecule has 5 nitrogen and oxygen atoms in total. The van der Waals surface area contributed by atoms with Crippen molar-refractivity contribution >= 4 is 17.6 Å². The number of carbonyl (C=O) groups is 3. The number of carbonyl (C=O) groups excluding carboxylic acids is 3. The van der Waals surface area contributed by atoms with Gasteiger partial charge in [-0.25, -0.2) is 4.39 Å². The van der Waals surface area contributed by atoms with Crippen LogP contribution >= 0.6 is 0 Å². The number of hydrogen-bond donors (Lipinski definition) is 2. The zero-order valence-corrected chi connectivity index (χ0v) is 14.9. The second-order valence-corrected chi connectivity index (χ2v) is 5.87. The number of rotatable bonds is 6. The minimum absolute atomic E-state index is 0.168. The van der Waals surface area contributed by atoms with E-state index in [-0.39, 0.29) is 17.6 Å². The Balaban J connectivity index is 2.26. The normalized spacial score (nSPS) is 11.5. The van der Waals surface area contributed by atoms with Gasteiger partial charge in [0.2, 0.25) is 5.91 Å². The lowest BCUT2D eigenvalue weighted by molar-refractivity contribution is -0.122. The summed E-state index contributed by atoms with van der Waals surface area (Å²) in [5, 5.41) is 5.17. The molecule has 26 heavy (non-hydrogen) atoms. The highest BCUT2D eigenvalue weighted by Crippen LogP contribution is 2.25. The highest BCUT2D eigenvalue weighted by molar-refractivity contribution is 6.01. The molecule has 2 amide bonds. The van der Waals surface area contributed by atoms with Gasteiger partial charge in [-0.05, 0) is 54.8 Å². The molecule has 0 aliphatic carbocycles. The maximum atomic E-state index is 13.6. The molecule has 0 radical (unpaired) electrons. The number of ketones is 1. The third-order valence-corrected chi connectivity index (χ3v) is 4.10. The molecule has 2 N–H and O–H groups in total. The molecule has 0 fully saturated rings. The van der Waals surface area contributed by atoms with Crippen LogP contribution in [0.3, 0.4) is 0 Å². The Morgan fingerprint density at radius 2 is 1.73 bits per heavy atom. The van der Waals surface area contributed by atoms with Crippen LogP contribution in [0, 0.1) is 5.82 Å². The third-order valence-electron chi connectivity index (χ3n) is 4.10. The molecular weight excluding hydrogens is 335 g/mol. The van der Waals surface area contributed by atoms with Gasteiger partial charge in [-0.15, -0.1) is 0 Å². The quantitative estimate of drug-likeness (QED) is 0.782. The van der Waals surface area contributed by atoms with Crippen LogP contribution in [-0.4, -0.2) is 30.7 Å². The van der Waals surface area contributed by atoms with Gasteiger partial charge in [0.1, 0.15) is 11.9 Å². The lowest BCUT2D eigenvalue weighted by Gasteiger charge is -2.15. The minimum Gasteiger partial charge on any atom is -0.357 e. The minimum atomic E-state index is -0.611. The Kier molecular flexibility index (Phi) is 6.22. The average Bonchev–Trinajstić information content (AvgIpc) is 2.65. The van der Waals surface area contributed by atoms with Crippen molar-refractivity contribution in [2.24, 2.45) is 0 Å². The standard InChI is InChI=1S/C20H21FN2O3/c1-4-18(20(26)22-3)23-19(25)14-7-5-13(6-8-14)17-11-15(21)9-10-16(17)12(2)24/h5-11,18H,4H2,1-3H3,(H,22,26)(H,23,25)/t18-/m1/s1. The van der Waals surface area contributed by atoms with Gasteiger partial charge in [0.25, 0.3) is 5.91 Å². The van der Waals surface area contributed by atoms with Crippen LogP contribution in [0.15, 0.2) is 42.5 Å². The zero-order valence-electron chi connectivity index (χ0n) is 14.9. The van der Waals surface area contributed by atoms with Crippen LogP contribution in [-0.2, 0) is 4.79 Å². The van der Waals surface area contributed by atoms with Crippen molar-refractivity contribution in [1.29, 1.82) is 0 Å². The van der Waals surface area contributed by atoms with Gasteiger partial charge in [0.05, 0.1) is 0 Å². The molecule has 0 bridgehead atoms. The van der Waals surface area contributed by atoms with Crippen LogP contribution in [0.5, 0.6) is 0 Å². The lowest BCUT2D eigenvalue weighted by atomic mass is 9.96. The van der Waals surface area contributed by atoms with Crippen molar-refractivity contribution in [2.75, 3.05) is 7.05 Å². The number of amides is 2. The van der Waals surface area contributed by atoms with Crippen molar-refractivity contribution in [1.82, 2.24) is 10.6 Å². The number of likely N-dealkylation sites (N-methyl/N-ethyl adjacent to an activating group) is 1. The fourth-order valence-corrected chi connectivity index (χ4v) is 2.63. The highest BCUT2D eigenvalue weighted by Gasteiger charge is 2.18. The number of halogens is 1. The van der Waals surface area contributed by atoms with Crippen LogP contribution in [0.25, 0.3) is 11.1 Å². The zero-order chi connectivity index (χ0) is 19.3. The molecule has 2 rings (SSSR count). The van der Waals surface area contributed by atoms with E-state index in [2.05, 4.69) is 10.6 Å². The molecule has 0 spiro atoms. The third kappa shape index (κ3) is 4.33. The van der Waals surface area contributed by atoms with Gasteiger partial charge >= 0.3 is 0 Å². The molecule has 0 aromatic heterocycles. The summed E-state index contributed by atoms with van der Waals surface area (Å²) < 4.78 is 13.6. The molecule has 0 saturated heterocycles. The molecule has 2 aromatic rings. The summed E-state index contributed by atoms with van der Waals surface area (Å²) in [6.45, 7) is 3.22. The summed E-state index contributed by atoms with van der Waals surface area (Å²) >= 11 is 0. The first-order valence-electron chi connectivity index (χ1n) is 8.30. The number of hydrogen-bond acceptors (Lipinski definition) is 3. The number of Topliss-reactive ketones (excluding diaryl/α,β-unsaturated/α-hetero) is 1. The van der Waals surface area contributed by atoms with E-state index in [0.29, 0.717) is 28.7 Å². The largest absolute Gasteiger partial charge is 0.357 e. The first kappa shape index (κ1) is 19.3. The van der Waals surface area contributed by atoms with E-state index in [9.17, 15) is 18.8 Å². The van der Waals surface area contributed by atoms with Gasteiger partial charge < -0.3 is 10.6 Å². The van der Waals surface area contributed by atoms with Crippen LogP contribution < -0.4 is 10.6 Å². The van der Waals surface area contributed by atoms with E-state index >= 15 is 0 Å². The number of nitrogens with one attached hydrogen (secondary N) is 2. The van der Waals surface area contributed by atoms with E-state index in [4.69, 9.17) is 0 Å². The van der Waals surface area contributed by atoms with Crippen molar-refractivity contribution in [3.8, 4) is 11.1 Å². The molecule has 0 aliphatic rings. The summed E-state index contributed by atoms with van der Waals surface area (Å²) in [6.07, 6.45) is 0.467. The molecular formula is C20H21FN2O3. The van der Waals surface area contributed by atoms with Gasteiger partial charge in [-0.3, -0.25) is 14.4 Å². The summed E-state index contributed by atoms with van der Waals surface area (Å²) in [7, 11) is 1.51. The van der Waals surface area contributed by atoms with Gasteiger partial charge in [-0.1, -0.05) is 19.1 Å². The summed E-state index contributed by atoms with van der Waals surface area (Å²) in [6, 6.07) is 9.83. The van der Waals surface area contributed by atoms with Gasteiger partial charge in [-0.2, -0.15) is 0 Å². The van der Waals surface area contributed by atoms with Crippen molar-refractivity contribution in [2.45, 2.75) is 26.3 Å². The summed E-state index contributed by atoms with van der Waals surface area (Å²) in [4.78, 5) is 35.7. The van der Waals surface area contributed by atoms with Crippen LogP contribution in [0.4, 0.5) is 4.39 Å². The summed E-state index contributed by atoms with van der Waals surface area (Å²) in [5.41, 5.74) is 1.89.